The quantitative estimate of drug-likeness (QED) is 0.559. The van der Waals surface area contributed by atoms with E-state index < -0.39 is 0 Å². The summed E-state index contributed by atoms with van der Waals surface area (Å²) < 4.78 is 0. The zero-order valence-corrected chi connectivity index (χ0v) is 22.1. The molecule has 0 amide bonds. The SMILES string of the molecule is Cc1cc(-c2ccccc2)nc2cc(C3=C4C(N)=NC=CN4C(C4CC(N5CCN(C)CC5)C4)N3)ccc12. The second-order valence-corrected chi connectivity index (χ2v) is 11.2. The van der Waals surface area contributed by atoms with E-state index in [1.54, 1.807) is 0 Å². The van der Waals surface area contributed by atoms with Gasteiger partial charge in [-0.05, 0) is 44.5 Å². The Morgan fingerprint density at radius 1 is 0.947 bits per heavy atom. The fourth-order valence-corrected chi connectivity index (χ4v) is 6.48. The average molecular weight is 506 g/mol. The van der Waals surface area contributed by atoms with Crippen LogP contribution in [0.4, 0.5) is 0 Å². The molecule has 2 aromatic carbocycles. The summed E-state index contributed by atoms with van der Waals surface area (Å²) >= 11 is 0. The third-order valence-corrected chi connectivity index (χ3v) is 8.80. The van der Waals surface area contributed by atoms with Crippen molar-refractivity contribution in [2.75, 3.05) is 33.2 Å². The van der Waals surface area contributed by atoms with Crippen molar-refractivity contribution in [2.24, 2.45) is 16.6 Å². The maximum absolute atomic E-state index is 6.49. The second kappa shape index (κ2) is 9.26. The van der Waals surface area contributed by atoms with Crippen LogP contribution in [0.1, 0.15) is 24.0 Å². The summed E-state index contributed by atoms with van der Waals surface area (Å²) in [6.45, 7) is 6.86. The van der Waals surface area contributed by atoms with E-state index in [0.29, 0.717) is 17.8 Å². The van der Waals surface area contributed by atoms with Gasteiger partial charge in [0.1, 0.15) is 17.7 Å². The molecule has 1 atom stereocenters. The lowest BCUT2D eigenvalue weighted by molar-refractivity contribution is 0.0145. The highest BCUT2D eigenvalue weighted by Gasteiger charge is 2.45. The van der Waals surface area contributed by atoms with Gasteiger partial charge in [0.2, 0.25) is 0 Å². The number of benzene rings is 2. The molecule has 0 bridgehead atoms. The van der Waals surface area contributed by atoms with Gasteiger partial charge in [0.25, 0.3) is 0 Å². The summed E-state index contributed by atoms with van der Waals surface area (Å²) in [5, 5.41) is 5.05. The largest absolute Gasteiger partial charge is 0.382 e. The van der Waals surface area contributed by atoms with Crippen molar-refractivity contribution in [1.82, 2.24) is 25.0 Å². The smallest absolute Gasteiger partial charge is 0.149 e. The number of hydrogen-bond acceptors (Lipinski definition) is 7. The molecule has 7 rings (SSSR count). The number of fused-ring (bicyclic) bond motifs is 2. The molecule has 1 aliphatic carbocycles. The van der Waals surface area contributed by atoms with E-state index in [2.05, 4.69) is 93.7 Å². The molecule has 2 fully saturated rings. The minimum atomic E-state index is 0.190. The lowest BCUT2D eigenvalue weighted by Crippen LogP contribution is -2.57. The van der Waals surface area contributed by atoms with Gasteiger partial charge in [0, 0.05) is 67.1 Å². The molecule has 194 valence electrons. The predicted molar refractivity (Wildman–Crippen MR) is 154 cm³/mol. The number of nitrogens with zero attached hydrogens (tertiary/aromatic N) is 5. The number of aliphatic imine (C=N–C) groups is 1. The van der Waals surface area contributed by atoms with E-state index in [1.807, 2.05) is 12.3 Å². The molecule has 3 aliphatic heterocycles. The predicted octanol–water partition coefficient (Wildman–Crippen LogP) is 3.98. The molecule has 3 aromatic rings. The maximum atomic E-state index is 6.49. The Bertz CT molecular complexity index is 1460. The molecule has 1 saturated heterocycles. The number of aryl methyl sites for hydroxylation is 1. The summed E-state index contributed by atoms with van der Waals surface area (Å²) in [6, 6.07) is 19.8. The first kappa shape index (κ1) is 23.4. The normalized spacial score (nSPS) is 25.8. The number of aromatic nitrogens is 1. The number of nitrogens with one attached hydrogen (secondary N) is 1. The van der Waals surface area contributed by atoms with Gasteiger partial charge < -0.3 is 20.9 Å². The number of rotatable bonds is 4. The molecule has 4 aliphatic rings. The standard InChI is InChI=1S/C31H35N7/c1-20-16-26(21-6-4-3-5-7-21)34-27-19-22(8-9-25(20)27)28-29-30(32)33-10-11-38(29)31(35-28)23-17-24(18-23)37-14-12-36(2)13-15-37/h3-11,16,19,23-24,31,35H,12-15,17-18H2,1-2H3,(H2,32,33). The summed E-state index contributed by atoms with van der Waals surface area (Å²) in [5.41, 5.74) is 14.0. The topological polar surface area (TPSA) is 73.0 Å². The molecule has 7 nitrogen and oxygen atoms in total. The Balaban J connectivity index is 1.18. The van der Waals surface area contributed by atoms with Crippen molar-refractivity contribution in [1.29, 1.82) is 0 Å². The molecular formula is C31H35N7. The van der Waals surface area contributed by atoms with Crippen LogP contribution in [-0.4, -0.2) is 71.0 Å². The third kappa shape index (κ3) is 3.97. The maximum Gasteiger partial charge on any atom is 0.149 e. The van der Waals surface area contributed by atoms with E-state index in [-0.39, 0.29) is 6.17 Å². The van der Waals surface area contributed by atoms with Crippen LogP contribution in [-0.2, 0) is 0 Å². The number of pyridine rings is 1. The van der Waals surface area contributed by atoms with Crippen LogP contribution in [0.15, 0.2) is 77.7 Å². The lowest BCUT2D eigenvalue weighted by atomic mass is 9.76. The Kier molecular flexibility index (Phi) is 5.71. The molecule has 1 saturated carbocycles. The molecule has 1 unspecified atom stereocenters. The van der Waals surface area contributed by atoms with E-state index >= 15 is 0 Å². The highest BCUT2D eigenvalue weighted by molar-refractivity contribution is 6.05. The first-order chi connectivity index (χ1) is 18.5. The lowest BCUT2D eigenvalue weighted by Gasteiger charge is -2.49. The summed E-state index contributed by atoms with van der Waals surface area (Å²) in [6.07, 6.45) is 6.51. The third-order valence-electron chi connectivity index (χ3n) is 8.80. The zero-order chi connectivity index (χ0) is 25.8. The number of amidine groups is 1. The molecule has 0 radical (unpaired) electrons. The van der Waals surface area contributed by atoms with E-state index in [1.165, 1.54) is 50.0 Å². The van der Waals surface area contributed by atoms with E-state index in [4.69, 9.17) is 10.7 Å². The first-order valence-corrected chi connectivity index (χ1v) is 13.7. The highest BCUT2D eigenvalue weighted by Crippen LogP contribution is 2.42. The molecule has 4 heterocycles. The minimum Gasteiger partial charge on any atom is -0.382 e. The summed E-state index contributed by atoms with van der Waals surface area (Å²) in [5.74, 6) is 1.13. The van der Waals surface area contributed by atoms with Gasteiger partial charge in [-0.1, -0.05) is 42.5 Å². The van der Waals surface area contributed by atoms with Gasteiger partial charge >= 0.3 is 0 Å². The number of hydrogen-bond donors (Lipinski definition) is 2. The Morgan fingerprint density at radius 2 is 1.74 bits per heavy atom. The van der Waals surface area contributed by atoms with Gasteiger partial charge in [-0.25, -0.2) is 9.98 Å². The zero-order valence-electron chi connectivity index (χ0n) is 22.1. The van der Waals surface area contributed by atoms with Crippen molar-refractivity contribution in [3.63, 3.8) is 0 Å². The first-order valence-electron chi connectivity index (χ1n) is 13.7. The number of likely N-dealkylation sites (N-methyl/N-ethyl adjacent to an activating group) is 1. The van der Waals surface area contributed by atoms with Crippen LogP contribution in [0.2, 0.25) is 0 Å². The molecule has 7 heteroatoms. The fraction of sp³-hybridized carbons (Fsp3) is 0.355. The number of piperazine rings is 1. The van der Waals surface area contributed by atoms with Crippen LogP contribution in [0.25, 0.3) is 27.9 Å². The van der Waals surface area contributed by atoms with Gasteiger partial charge in [0.15, 0.2) is 0 Å². The summed E-state index contributed by atoms with van der Waals surface area (Å²) in [7, 11) is 2.22. The van der Waals surface area contributed by atoms with Gasteiger partial charge in [-0.2, -0.15) is 0 Å². The van der Waals surface area contributed by atoms with Crippen molar-refractivity contribution in [3.05, 3.63) is 83.8 Å². The Morgan fingerprint density at radius 3 is 2.53 bits per heavy atom. The molecule has 0 spiro atoms. The van der Waals surface area contributed by atoms with Crippen LogP contribution in [0, 0.1) is 12.8 Å². The van der Waals surface area contributed by atoms with Crippen LogP contribution < -0.4 is 11.1 Å². The minimum absolute atomic E-state index is 0.190. The molecule has 3 N–H and O–H groups in total. The molecule has 1 aromatic heterocycles. The average Bonchev–Trinajstić information content (AvgIpc) is 3.30. The second-order valence-electron chi connectivity index (χ2n) is 11.2. The fourth-order valence-electron chi connectivity index (χ4n) is 6.48. The van der Waals surface area contributed by atoms with E-state index in [0.717, 1.165) is 33.7 Å². The summed E-state index contributed by atoms with van der Waals surface area (Å²) in [4.78, 5) is 16.9. The Labute approximate surface area is 224 Å². The van der Waals surface area contributed by atoms with Crippen molar-refractivity contribution in [3.8, 4) is 11.3 Å². The number of nitrogens with two attached hydrogens (primary N) is 1. The van der Waals surface area contributed by atoms with Crippen molar-refractivity contribution < 1.29 is 0 Å². The van der Waals surface area contributed by atoms with Crippen molar-refractivity contribution in [2.45, 2.75) is 32.0 Å². The van der Waals surface area contributed by atoms with Gasteiger partial charge in [-0.3, -0.25) is 4.90 Å². The van der Waals surface area contributed by atoms with Crippen LogP contribution in [0.5, 0.6) is 0 Å². The van der Waals surface area contributed by atoms with Gasteiger partial charge in [-0.15, -0.1) is 0 Å². The van der Waals surface area contributed by atoms with Crippen LogP contribution >= 0.6 is 0 Å². The van der Waals surface area contributed by atoms with Gasteiger partial charge in [0.05, 0.1) is 16.9 Å². The molecule has 38 heavy (non-hydrogen) atoms. The molecular weight excluding hydrogens is 470 g/mol. The van der Waals surface area contributed by atoms with Crippen molar-refractivity contribution >= 4 is 22.4 Å². The monoisotopic (exact) mass is 505 g/mol. The Hall–Kier alpha value is -3.68. The van der Waals surface area contributed by atoms with Crippen LogP contribution in [0.3, 0.4) is 0 Å². The van der Waals surface area contributed by atoms with E-state index in [9.17, 15) is 0 Å². The highest BCUT2D eigenvalue weighted by atomic mass is 15.4.